The third-order valence-electron chi connectivity index (χ3n) is 3.65. The lowest BCUT2D eigenvalue weighted by atomic mass is 10.2. The molecule has 0 aliphatic rings. The molecule has 1 aromatic carbocycles. The number of pyridine rings is 1. The molecule has 2 amide bonds. The number of furan rings is 1. The Morgan fingerprint density at radius 2 is 2.00 bits per heavy atom. The normalized spacial score (nSPS) is 10.5. The zero-order chi connectivity index (χ0) is 18.2. The maximum Gasteiger partial charge on any atom is 0.319 e. The van der Waals surface area contributed by atoms with Crippen molar-refractivity contribution in [1.82, 2.24) is 10.3 Å². The zero-order valence-electron chi connectivity index (χ0n) is 14.6. The van der Waals surface area contributed by atoms with Crippen molar-refractivity contribution < 1.29 is 13.9 Å². The van der Waals surface area contributed by atoms with Gasteiger partial charge in [0.1, 0.15) is 12.4 Å². The summed E-state index contributed by atoms with van der Waals surface area (Å²) < 4.78 is 10.8. The van der Waals surface area contributed by atoms with Crippen LogP contribution in [0.4, 0.5) is 10.5 Å². The van der Waals surface area contributed by atoms with Gasteiger partial charge >= 0.3 is 6.03 Å². The number of nitrogens with zero attached hydrogens (tertiary/aromatic N) is 1. The predicted octanol–water partition coefficient (Wildman–Crippen LogP) is 4.02. The summed E-state index contributed by atoms with van der Waals surface area (Å²) in [6.45, 7) is 3.14. The number of urea groups is 1. The molecular formula is C20H21N3O3. The van der Waals surface area contributed by atoms with Gasteiger partial charge in [-0.25, -0.2) is 4.79 Å². The highest BCUT2D eigenvalue weighted by molar-refractivity contribution is 5.89. The lowest BCUT2D eigenvalue weighted by Crippen LogP contribution is -2.28. The van der Waals surface area contributed by atoms with Gasteiger partial charge in [-0.05, 0) is 48.9 Å². The molecule has 0 fully saturated rings. The Bertz CT molecular complexity index is 847. The summed E-state index contributed by atoms with van der Waals surface area (Å²) in [4.78, 5) is 16.4. The van der Waals surface area contributed by atoms with Crippen molar-refractivity contribution in [2.24, 2.45) is 0 Å². The molecule has 6 nitrogen and oxygen atoms in total. The Morgan fingerprint density at radius 1 is 1.12 bits per heavy atom. The molecule has 0 bridgehead atoms. The van der Waals surface area contributed by atoms with Gasteiger partial charge in [-0.15, -0.1) is 0 Å². The molecular weight excluding hydrogens is 330 g/mol. The third kappa shape index (κ3) is 5.46. The topological polar surface area (TPSA) is 76.4 Å². The van der Waals surface area contributed by atoms with Crippen LogP contribution >= 0.6 is 0 Å². The van der Waals surface area contributed by atoms with E-state index in [4.69, 9.17) is 9.15 Å². The fraction of sp³-hybridized carbons (Fsp3) is 0.200. The molecule has 26 heavy (non-hydrogen) atoms. The molecule has 3 aromatic rings. The van der Waals surface area contributed by atoms with Gasteiger partial charge in [-0.1, -0.05) is 18.2 Å². The summed E-state index contributed by atoms with van der Waals surface area (Å²) >= 11 is 0. The Labute approximate surface area is 152 Å². The Hall–Kier alpha value is -3.12. The van der Waals surface area contributed by atoms with Gasteiger partial charge in [-0.2, -0.15) is 0 Å². The summed E-state index contributed by atoms with van der Waals surface area (Å²) in [5, 5.41) is 5.62. The number of carbonyl (C=O) groups is 1. The van der Waals surface area contributed by atoms with Gasteiger partial charge in [0.15, 0.2) is 0 Å². The van der Waals surface area contributed by atoms with Crippen LogP contribution in [-0.4, -0.2) is 11.0 Å². The number of aromatic nitrogens is 1. The van der Waals surface area contributed by atoms with E-state index in [0.717, 1.165) is 22.7 Å². The quantitative estimate of drug-likeness (QED) is 0.674. The van der Waals surface area contributed by atoms with Crippen molar-refractivity contribution >= 4 is 11.7 Å². The second-order valence-corrected chi connectivity index (χ2v) is 5.85. The zero-order valence-corrected chi connectivity index (χ0v) is 14.6. The number of benzene rings is 1. The van der Waals surface area contributed by atoms with Crippen molar-refractivity contribution in [2.45, 2.75) is 26.7 Å². The fourth-order valence-electron chi connectivity index (χ4n) is 2.45. The first-order valence-corrected chi connectivity index (χ1v) is 8.35. The van der Waals surface area contributed by atoms with Gasteiger partial charge in [0.25, 0.3) is 0 Å². The minimum absolute atomic E-state index is 0.276. The van der Waals surface area contributed by atoms with Crippen molar-refractivity contribution in [2.75, 3.05) is 5.32 Å². The molecule has 2 N–H and O–H groups in total. The van der Waals surface area contributed by atoms with Crippen LogP contribution in [0, 0.1) is 6.92 Å². The molecule has 0 radical (unpaired) electrons. The molecule has 0 aliphatic heterocycles. The SMILES string of the molecule is Cc1cccc(CNC(=O)Nc2cccc(COCc3ccco3)c2)n1. The molecule has 3 rings (SSSR count). The number of nitrogens with one attached hydrogen (secondary N) is 2. The monoisotopic (exact) mass is 351 g/mol. The van der Waals surface area contributed by atoms with Crippen LogP contribution in [0.3, 0.4) is 0 Å². The van der Waals surface area contributed by atoms with E-state index in [0.29, 0.717) is 25.4 Å². The van der Waals surface area contributed by atoms with E-state index in [1.807, 2.05) is 61.5 Å². The number of aryl methyl sites for hydroxylation is 1. The summed E-state index contributed by atoms with van der Waals surface area (Å²) in [6.07, 6.45) is 1.62. The van der Waals surface area contributed by atoms with Gasteiger partial charge < -0.3 is 19.8 Å². The van der Waals surface area contributed by atoms with Crippen molar-refractivity contribution in [3.63, 3.8) is 0 Å². The van der Waals surface area contributed by atoms with Gasteiger partial charge in [0.05, 0.1) is 25.1 Å². The smallest absolute Gasteiger partial charge is 0.319 e. The summed E-state index contributed by atoms with van der Waals surface area (Å²) in [6, 6.07) is 16.7. The molecule has 0 saturated heterocycles. The van der Waals surface area contributed by atoms with E-state index in [1.54, 1.807) is 6.26 Å². The molecule has 0 atom stereocenters. The van der Waals surface area contributed by atoms with Crippen molar-refractivity contribution in [3.8, 4) is 0 Å². The molecule has 2 heterocycles. The van der Waals surface area contributed by atoms with Crippen LogP contribution in [0.1, 0.15) is 22.7 Å². The minimum Gasteiger partial charge on any atom is -0.467 e. The van der Waals surface area contributed by atoms with Crippen LogP contribution in [0.2, 0.25) is 0 Å². The third-order valence-corrected chi connectivity index (χ3v) is 3.65. The number of rotatable bonds is 7. The van der Waals surface area contributed by atoms with E-state index in [-0.39, 0.29) is 6.03 Å². The lowest BCUT2D eigenvalue weighted by Gasteiger charge is -2.09. The Kier molecular flexibility index (Phi) is 6.01. The number of carbonyl (C=O) groups excluding carboxylic acids is 1. The van der Waals surface area contributed by atoms with Crippen LogP contribution in [-0.2, 0) is 24.5 Å². The Morgan fingerprint density at radius 3 is 2.81 bits per heavy atom. The molecule has 0 unspecified atom stereocenters. The first-order chi connectivity index (χ1) is 12.7. The van der Waals surface area contributed by atoms with E-state index in [2.05, 4.69) is 15.6 Å². The number of amides is 2. The van der Waals surface area contributed by atoms with Crippen LogP contribution in [0.15, 0.2) is 65.3 Å². The summed E-state index contributed by atoms with van der Waals surface area (Å²) in [5.41, 5.74) is 3.42. The highest BCUT2D eigenvalue weighted by atomic mass is 16.5. The van der Waals surface area contributed by atoms with Crippen molar-refractivity contribution in [1.29, 1.82) is 0 Å². The van der Waals surface area contributed by atoms with Gasteiger partial charge in [-0.3, -0.25) is 4.98 Å². The summed E-state index contributed by atoms with van der Waals surface area (Å²) in [5.74, 6) is 0.781. The molecule has 0 saturated carbocycles. The molecule has 0 spiro atoms. The molecule has 134 valence electrons. The second kappa shape index (κ2) is 8.82. The predicted molar refractivity (Wildman–Crippen MR) is 98.5 cm³/mol. The lowest BCUT2D eigenvalue weighted by molar-refractivity contribution is 0.0930. The van der Waals surface area contributed by atoms with Gasteiger partial charge in [0.2, 0.25) is 0 Å². The van der Waals surface area contributed by atoms with E-state index in [9.17, 15) is 4.79 Å². The van der Waals surface area contributed by atoms with Gasteiger partial charge in [0, 0.05) is 11.4 Å². The average molecular weight is 351 g/mol. The average Bonchev–Trinajstić information content (AvgIpc) is 3.14. The number of hydrogen-bond donors (Lipinski definition) is 2. The number of hydrogen-bond acceptors (Lipinski definition) is 4. The fourth-order valence-corrected chi connectivity index (χ4v) is 2.45. The first kappa shape index (κ1) is 17.7. The van der Waals surface area contributed by atoms with E-state index >= 15 is 0 Å². The maximum atomic E-state index is 12.1. The molecule has 2 aromatic heterocycles. The second-order valence-electron chi connectivity index (χ2n) is 5.85. The van der Waals surface area contributed by atoms with Crippen LogP contribution in [0.5, 0.6) is 0 Å². The van der Waals surface area contributed by atoms with E-state index in [1.165, 1.54) is 0 Å². The Balaban J connectivity index is 1.47. The highest BCUT2D eigenvalue weighted by Gasteiger charge is 2.04. The molecule has 6 heteroatoms. The van der Waals surface area contributed by atoms with Crippen LogP contribution < -0.4 is 10.6 Å². The summed E-state index contributed by atoms with van der Waals surface area (Å²) in [7, 11) is 0. The number of ether oxygens (including phenoxy) is 1. The highest BCUT2D eigenvalue weighted by Crippen LogP contribution is 2.13. The number of anilines is 1. The largest absolute Gasteiger partial charge is 0.467 e. The van der Waals surface area contributed by atoms with E-state index < -0.39 is 0 Å². The van der Waals surface area contributed by atoms with Crippen LogP contribution in [0.25, 0.3) is 0 Å². The molecule has 0 aliphatic carbocycles. The maximum absolute atomic E-state index is 12.1. The minimum atomic E-state index is -0.276. The van der Waals surface area contributed by atoms with Crippen molar-refractivity contribution in [3.05, 3.63) is 83.6 Å². The standard InChI is InChI=1S/C20H21N3O3/c1-15-5-2-8-18(22-15)12-21-20(24)23-17-7-3-6-16(11-17)13-25-14-19-9-4-10-26-19/h2-11H,12-14H2,1H3,(H2,21,23,24). The first-order valence-electron chi connectivity index (χ1n) is 8.35.